The van der Waals surface area contributed by atoms with E-state index in [1.165, 1.54) is 0 Å². The SMILES string of the molecule is CN1C(=O)c2cccc3c2C1=Cc1cccnc1N3Cc1ccccn1. The third-order valence-corrected chi connectivity index (χ3v) is 4.90. The second-order valence-corrected chi connectivity index (χ2v) is 6.42. The zero-order chi connectivity index (χ0) is 17.7. The minimum Gasteiger partial charge on any atom is -0.319 e. The molecule has 5 heteroatoms. The number of pyridine rings is 2. The van der Waals surface area contributed by atoms with E-state index in [1.54, 1.807) is 17.3 Å². The van der Waals surface area contributed by atoms with E-state index < -0.39 is 0 Å². The van der Waals surface area contributed by atoms with Gasteiger partial charge >= 0.3 is 0 Å². The highest BCUT2D eigenvalue weighted by molar-refractivity contribution is 6.15. The molecule has 126 valence electrons. The number of hydrogen-bond donors (Lipinski definition) is 0. The van der Waals surface area contributed by atoms with E-state index in [-0.39, 0.29) is 5.91 Å². The Morgan fingerprint density at radius 1 is 0.962 bits per heavy atom. The molecule has 2 aromatic heterocycles. The molecule has 0 radical (unpaired) electrons. The van der Waals surface area contributed by atoms with Crippen molar-refractivity contribution in [3.8, 4) is 0 Å². The van der Waals surface area contributed by atoms with Crippen molar-refractivity contribution >= 4 is 29.2 Å². The Bertz CT molecular complexity index is 1060. The van der Waals surface area contributed by atoms with Crippen LogP contribution >= 0.6 is 0 Å². The van der Waals surface area contributed by atoms with E-state index in [0.29, 0.717) is 6.54 Å². The number of carbonyl (C=O) groups excluding carboxylic acids is 1. The van der Waals surface area contributed by atoms with Gasteiger partial charge in [0.2, 0.25) is 0 Å². The Hall–Kier alpha value is -3.47. The van der Waals surface area contributed by atoms with Gasteiger partial charge in [0.05, 0.1) is 29.2 Å². The maximum Gasteiger partial charge on any atom is 0.258 e. The van der Waals surface area contributed by atoms with Crippen LogP contribution in [0.15, 0.2) is 60.9 Å². The molecule has 1 aromatic carbocycles. The minimum absolute atomic E-state index is 0.0261. The number of aromatic nitrogens is 2. The summed E-state index contributed by atoms with van der Waals surface area (Å²) in [5.74, 6) is 0.896. The smallest absolute Gasteiger partial charge is 0.258 e. The van der Waals surface area contributed by atoms with Gasteiger partial charge in [-0.2, -0.15) is 0 Å². The van der Waals surface area contributed by atoms with E-state index in [1.807, 2.05) is 61.7 Å². The zero-order valence-corrected chi connectivity index (χ0v) is 14.3. The van der Waals surface area contributed by atoms with Gasteiger partial charge in [-0.3, -0.25) is 9.78 Å². The van der Waals surface area contributed by atoms with Crippen molar-refractivity contribution in [3.05, 3.63) is 83.3 Å². The molecule has 0 spiro atoms. The van der Waals surface area contributed by atoms with Crippen LogP contribution in [-0.2, 0) is 6.54 Å². The van der Waals surface area contributed by atoms with Gasteiger partial charge in [0.25, 0.3) is 5.91 Å². The minimum atomic E-state index is 0.0261. The van der Waals surface area contributed by atoms with Gasteiger partial charge in [0.1, 0.15) is 5.82 Å². The van der Waals surface area contributed by atoms with Crippen molar-refractivity contribution in [2.24, 2.45) is 0 Å². The Kier molecular flexibility index (Phi) is 3.15. The highest BCUT2D eigenvalue weighted by Crippen LogP contribution is 2.45. The largest absolute Gasteiger partial charge is 0.319 e. The van der Waals surface area contributed by atoms with E-state index in [4.69, 9.17) is 0 Å². The van der Waals surface area contributed by atoms with Crippen molar-refractivity contribution in [1.29, 1.82) is 0 Å². The fourth-order valence-corrected chi connectivity index (χ4v) is 3.66. The van der Waals surface area contributed by atoms with E-state index in [2.05, 4.69) is 14.9 Å². The molecule has 4 heterocycles. The zero-order valence-electron chi connectivity index (χ0n) is 14.3. The van der Waals surface area contributed by atoms with E-state index in [0.717, 1.165) is 39.6 Å². The molecule has 0 saturated heterocycles. The average molecular weight is 340 g/mol. The number of amides is 1. The van der Waals surface area contributed by atoms with Crippen LogP contribution in [0, 0.1) is 0 Å². The predicted molar refractivity (Wildman–Crippen MR) is 101 cm³/mol. The van der Waals surface area contributed by atoms with Crippen molar-refractivity contribution < 1.29 is 4.79 Å². The Labute approximate surface area is 151 Å². The van der Waals surface area contributed by atoms with Crippen LogP contribution in [-0.4, -0.2) is 27.8 Å². The lowest BCUT2D eigenvalue weighted by atomic mass is 10.0. The Morgan fingerprint density at radius 2 is 1.85 bits per heavy atom. The van der Waals surface area contributed by atoms with Gasteiger partial charge in [0, 0.05) is 30.6 Å². The van der Waals surface area contributed by atoms with Crippen molar-refractivity contribution in [2.75, 3.05) is 11.9 Å². The molecule has 5 nitrogen and oxygen atoms in total. The summed E-state index contributed by atoms with van der Waals surface area (Å²) in [4.78, 5) is 25.6. The van der Waals surface area contributed by atoms with Crippen molar-refractivity contribution in [2.45, 2.75) is 6.54 Å². The third-order valence-electron chi connectivity index (χ3n) is 4.90. The van der Waals surface area contributed by atoms with E-state index >= 15 is 0 Å². The summed E-state index contributed by atoms with van der Waals surface area (Å²) in [6.45, 7) is 0.584. The molecule has 0 unspecified atom stereocenters. The summed E-state index contributed by atoms with van der Waals surface area (Å²) in [7, 11) is 1.82. The van der Waals surface area contributed by atoms with Crippen LogP contribution in [0.3, 0.4) is 0 Å². The molecule has 0 bridgehead atoms. The molecular formula is C21H16N4O. The molecule has 1 amide bonds. The van der Waals surface area contributed by atoms with Gasteiger partial charge in [-0.1, -0.05) is 12.1 Å². The number of anilines is 2. The van der Waals surface area contributed by atoms with Crippen molar-refractivity contribution in [3.63, 3.8) is 0 Å². The molecule has 0 N–H and O–H groups in total. The summed E-state index contributed by atoms with van der Waals surface area (Å²) >= 11 is 0. The first-order valence-corrected chi connectivity index (χ1v) is 8.49. The standard InChI is InChI=1S/C21H16N4O/c1-24-18-12-14-6-5-11-23-20(14)25(13-15-7-2-3-10-22-15)17-9-4-8-16(19(17)18)21(24)26/h2-12H,13H2,1H3. The average Bonchev–Trinajstić information content (AvgIpc) is 2.85. The predicted octanol–water partition coefficient (Wildman–Crippen LogP) is 3.71. The van der Waals surface area contributed by atoms with Crippen LogP contribution in [0.5, 0.6) is 0 Å². The first kappa shape index (κ1) is 14.8. The molecule has 0 saturated carbocycles. The number of benzene rings is 1. The maximum absolute atomic E-state index is 12.7. The number of rotatable bonds is 2. The summed E-state index contributed by atoms with van der Waals surface area (Å²) in [6.07, 6.45) is 5.64. The molecule has 0 atom stereocenters. The lowest BCUT2D eigenvalue weighted by molar-refractivity contribution is 0.0875. The second kappa shape index (κ2) is 5.52. The first-order chi connectivity index (χ1) is 12.7. The lowest BCUT2D eigenvalue weighted by Crippen LogP contribution is -2.20. The highest BCUT2D eigenvalue weighted by Gasteiger charge is 2.35. The number of carbonyl (C=O) groups is 1. The highest BCUT2D eigenvalue weighted by atomic mass is 16.2. The normalized spacial score (nSPS) is 14.7. The summed E-state index contributed by atoms with van der Waals surface area (Å²) in [5, 5.41) is 0. The van der Waals surface area contributed by atoms with Gasteiger partial charge in [0.15, 0.2) is 0 Å². The maximum atomic E-state index is 12.7. The molecule has 0 fully saturated rings. The molecule has 0 aliphatic carbocycles. The fourth-order valence-electron chi connectivity index (χ4n) is 3.66. The van der Waals surface area contributed by atoms with Gasteiger partial charge in [-0.25, -0.2) is 4.98 Å². The quantitative estimate of drug-likeness (QED) is 0.713. The Balaban J connectivity index is 1.77. The molecular weight excluding hydrogens is 324 g/mol. The summed E-state index contributed by atoms with van der Waals surface area (Å²) < 4.78 is 0. The Morgan fingerprint density at radius 3 is 2.69 bits per heavy atom. The van der Waals surface area contributed by atoms with Crippen LogP contribution in [0.2, 0.25) is 0 Å². The van der Waals surface area contributed by atoms with Crippen LogP contribution in [0.25, 0.3) is 11.8 Å². The monoisotopic (exact) mass is 340 g/mol. The second-order valence-electron chi connectivity index (χ2n) is 6.42. The summed E-state index contributed by atoms with van der Waals surface area (Å²) in [5.41, 5.74) is 5.53. The van der Waals surface area contributed by atoms with Gasteiger partial charge < -0.3 is 9.80 Å². The number of nitrogens with zero attached hydrogens (tertiary/aromatic N) is 4. The summed E-state index contributed by atoms with van der Waals surface area (Å²) in [6, 6.07) is 15.7. The van der Waals surface area contributed by atoms with Crippen LogP contribution < -0.4 is 4.90 Å². The van der Waals surface area contributed by atoms with Crippen LogP contribution in [0.1, 0.15) is 27.2 Å². The molecule has 5 rings (SSSR count). The van der Waals surface area contributed by atoms with Gasteiger partial charge in [-0.05, 0) is 42.5 Å². The fraction of sp³-hybridized carbons (Fsp3) is 0.0952. The van der Waals surface area contributed by atoms with Gasteiger partial charge in [-0.15, -0.1) is 0 Å². The molecule has 2 aliphatic rings. The van der Waals surface area contributed by atoms with E-state index in [9.17, 15) is 4.79 Å². The third kappa shape index (κ3) is 2.07. The number of hydrogen-bond acceptors (Lipinski definition) is 4. The molecule has 2 aliphatic heterocycles. The molecule has 3 aromatic rings. The lowest BCUT2D eigenvalue weighted by Gasteiger charge is -2.25. The number of fused-ring (bicyclic) bond motifs is 1. The van der Waals surface area contributed by atoms with Crippen molar-refractivity contribution in [1.82, 2.24) is 14.9 Å². The topological polar surface area (TPSA) is 49.3 Å². The first-order valence-electron chi connectivity index (χ1n) is 8.49. The molecule has 26 heavy (non-hydrogen) atoms. The van der Waals surface area contributed by atoms with Crippen LogP contribution in [0.4, 0.5) is 11.5 Å².